The number of benzene rings is 3. The maximum absolute atomic E-state index is 12.4. The Bertz CT molecular complexity index is 1160. The molecule has 0 heterocycles. The quantitative estimate of drug-likeness (QED) is 0.185. The van der Waals surface area contributed by atoms with Crippen LogP contribution >= 0.6 is 15.9 Å². The minimum absolute atomic E-state index is 0.172. The molecular formula is C26H25BrN2O4. The number of halogens is 1. The Hall–Kier alpha value is -3.45. The molecule has 6 nitrogen and oxygen atoms in total. The summed E-state index contributed by atoms with van der Waals surface area (Å²) < 4.78 is 12.0. The summed E-state index contributed by atoms with van der Waals surface area (Å²) in [6, 6.07) is 19.8. The van der Waals surface area contributed by atoms with E-state index >= 15 is 0 Å². The minimum atomic E-state index is -0.482. The summed E-state index contributed by atoms with van der Waals surface area (Å²) >= 11 is 3.39. The molecule has 33 heavy (non-hydrogen) atoms. The van der Waals surface area contributed by atoms with Crippen molar-refractivity contribution in [2.45, 2.75) is 26.7 Å². The van der Waals surface area contributed by atoms with Crippen molar-refractivity contribution in [1.82, 2.24) is 5.43 Å². The van der Waals surface area contributed by atoms with E-state index in [0.29, 0.717) is 22.6 Å². The topological polar surface area (TPSA) is 77.0 Å². The van der Waals surface area contributed by atoms with Crippen molar-refractivity contribution < 1.29 is 19.1 Å². The van der Waals surface area contributed by atoms with Crippen molar-refractivity contribution in [2.75, 3.05) is 6.61 Å². The van der Waals surface area contributed by atoms with Crippen LogP contribution in [0.3, 0.4) is 0 Å². The summed E-state index contributed by atoms with van der Waals surface area (Å²) in [4.78, 5) is 24.6. The molecule has 0 radical (unpaired) electrons. The van der Waals surface area contributed by atoms with Crippen LogP contribution in [-0.2, 0) is 4.79 Å². The first-order chi connectivity index (χ1) is 15.8. The lowest BCUT2D eigenvalue weighted by Crippen LogP contribution is -2.25. The lowest BCUT2D eigenvalue weighted by molar-refractivity contribution is -0.123. The Kier molecular flexibility index (Phi) is 8.38. The number of carbonyl (C=O) groups is 2. The second-order valence-corrected chi connectivity index (χ2v) is 8.63. The number of aryl methyl sites for hydroxylation is 1. The fraction of sp³-hybridized carbons (Fsp3) is 0.192. The van der Waals surface area contributed by atoms with Gasteiger partial charge in [-0.1, -0.05) is 60.1 Å². The van der Waals surface area contributed by atoms with Gasteiger partial charge < -0.3 is 9.47 Å². The molecule has 0 aliphatic rings. The highest BCUT2D eigenvalue weighted by molar-refractivity contribution is 9.10. The van der Waals surface area contributed by atoms with Crippen molar-refractivity contribution in [3.63, 3.8) is 0 Å². The maximum Gasteiger partial charge on any atom is 0.343 e. The average molecular weight is 509 g/mol. The van der Waals surface area contributed by atoms with Gasteiger partial charge in [0.15, 0.2) is 6.61 Å². The van der Waals surface area contributed by atoms with Gasteiger partial charge in [0.1, 0.15) is 11.5 Å². The first-order valence-corrected chi connectivity index (χ1v) is 11.2. The number of rotatable bonds is 8. The highest BCUT2D eigenvalue weighted by Crippen LogP contribution is 2.27. The number of hydrogen-bond donors (Lipinski definition) is 1. The smallest absolute Gasteiger partial charge is 0.343 e. The molecule has 3 rings (SSSR count). The van der Waals surface area contributed by atoms with Crippen LogP contribution in [0.15, 0.2) is 76.3 Å². The van der Waals surface area contributed by atoms with E-state index in [4.69, 9.17) is 9.47 Å². The summed E-state index contributed by atoms with van der Waals surface area (Å²) in [5.41, 5.74) is 5.50. The van der Waals surface area contributed by atoms with Gasteiger partial charge in [0.05, 0.1) is 11.8 Å². The van der Waals surface area contributed by atoms with Crippen LogP contribution in [0.1, 0.15) is 46.8 Å². The van der Waals surface area contributed by atoms with E-state index in [9.17, 15) is 9.59 Å². The van der Waals surface area contributed by atoms with E-state index in [-0.39, 0.29) is 12.5 Å². The number of nitrogens with one attached hydrogen (secondary N) is 1. The van der Waals surface area contributed by atoms with Gasteiger partial charge >= 0.3 is 5.97 Å². The Morgan fingerprint density at radius 2 is 1.79 bits per heavy atom. The van der Waals surface area contributed by atoms with Crippen LogP contribution in [-0.4, -0.2) is 24.7 Å². The number of nitrogens with zero attached hydrogens (tertiary/aromatic N) is 1. The Morgan fingerprint density at radius 3 is 2.52 bits per heavy atom. The van der Waals surface area contributed by atoms with E-state index in [1.807, 2.05) is 31.2 Å². The molecule has 0 atom stereocenters. The molecule has 1 amide bonds. The van der Waals surface area contributed by atoms with Gasteiger partial charge in [-0.3, -0.25) is 4.79 Å². The minimum Gasteiger partial charge on any atom is -0.483 e. The van der Waals surface area contributed by atoms with Gasteiger partial charge in [-0.15, -0.1) is 0 Å². The van der Waals surface area contributed by atoms with Gasteiger partial charge in [0, 0.05) is 10.0 Å². The normalized spacial score (nSPS) is 10.9. The van der Waals surface area contributed by atoms with Crippen molar-refractivity contribution >= 4 is 34.0 Å². The zero-order chi connectivity index (χ0) is 23.8. The van der Waals surface area contributed by atoms with E-state index < -0.39 is 11.9 Å². The van der Waals surface area contributed by atoms with Crippen molar-refractivity contribution in [1.29, 1.82) is 0 Å². The summed E-state index contributed by atoms with van der Waals surface area (Å²) in [7, 11) is 0. The van der Waals surface area contributed by atoms with E-state index in [1.165, 1.54) is 6.21 Å². The molecule has 0 aromatic heterocycles. The maximum atomic E-state index is 12.4. The van der Waals surface area contributed by atoms with Crippen LogP contribution in [0.4, 0.5) is 0 Å². The molecule has 0 unspecified atom stereocenters. The van der Waals surface area contributed by atoms with Crippen LogP contribution in [0.25, 0.3) is 0 Å². The largest absolute Gasteiger partial charge is 0.483 e. The molecule has 1 N–H and O–H groups in total. The molecule has 7 heteroatoms. The molecule has 0 saturated carbocycles. The predicted octanol–water partition coefficient (Wildman–Crippen LogP) is 5.63. The summed E-state index contributed by atoms with van der Waals surface area (Å²) in [6.45, 7) is 5.94. The van der Waals surface area contributed by atoms with Crippen LogP contribution in [0.2, 0.25) is 0 Å². The first-order valence-electron chi connectivity index (χ1n) is 10.5. The van der Waals surface area contributed by atoms with Gasteiger partial charge in [0.2, 0.25) is 0 Å². The monoisotopic (exact) mass is 508 g/mol. The van der Waals surface area contributed by atoms with Gasteiger partial charge in [-0.05, 0) is 60.4 Å². The molecule has 3 aromatic carbocycles. The van der Waals surface area contributed by atoms with Crippen LogP contribution in [0.5, 0.6) is 11.5 Å². The van der Waals surface area contributed by atoms with Crippen molar-refractivity contribution in [2.24, 2.45) is 5.10 Å². The number of esters is 1. The van der Waals surface area contributed by atoms with E-state index in [1.54, 1.807) is 42.5 Å². The first kappa shape index (κ1) is 24.2. The van der Waals surface area contributed by atoms with Gasteiger partial charge in [-0.2, -0.15) is 5.10 Å². The van der Waals surface area contributed by atoms with E-state index in [0.717, 1.165) is 15.6 Å². The van der Waals surface area contributed by atoms with Crippen molar-refractivity contribution in [3.8, 4) is 11.5 Å². The average Bonchev–Trinajstić information content (AvgIpc) is 2.79. The van der Waals surface area contributed by atoms with E-state index in [2.05, 4.69) is 40.3 Å². The molecule has 0 aliphatic carbocycles. The summed E-state index contributed by atoms with van der Waals surface area (Å²) in [5, 5.41) is 3.99. The Morgan fingerprint density at radius 1 is 1.03 bits per heavy atom. The molecule has 0 saturated heterocycles. The fourth-order valence-corrected chi connectivity index (χ4v) is 3.42. The molecule has 0 aliphatic heterocycles. The third kappa shape index (κ3) is 7.02. The molecule has 0 fully saturated rings. The number of hydrazone groups is 1. The SMILES string of the molecule is Cc1ccc(C(C)C)c(OCC(=O)N/N=C/c2cc(Br)ccc2OC(=O)c2ccccc2)c1. The predicted molar refractivity (Wildman–Crippen MR) is 132 cm³/mol. The highest BCUT2D eigenvalue weighted by atomic mass is 79.9. The number of hydrogen-bond acceptors (Lipinski definition) is 5. The zero-order valence-electron chi connectivity index (χ0n) is 18.7. The summed E-state index contributed by atoms with van der Waals surface area (Å²) in [6.07, 6.45) is 1.42. The van der Waals surface area contributed by atoms with Crippen LogP contribution < -0.4 is 14.9 Å². The number of ether oxygens (including phenoxy) is 2. The Labute approximate surface area is 201 Å². The lowest BCUT2D eigenvalue weighted by atomic mass is 10.0. The highest BCUT2D eigenvalue weighted by Gasteiger charge is 2.12. The van der Waals surface area contributed by atoms with Gasteiger partial charge in [0.25, 0.3) is 5.91 Å². The third-order valence-corrected chi connectivity index (χ3v) is 5.22. The molecule has 0 bridgehead atoms. The molecule has 3 aromatic rings. The second-order valence-electron chi connectivity index (χ2n) is 7.72. The standard InChI is InChI=1S/C26H25BrN2O4/c1-17(2)22-11-9-18(3)13-24(22)32-16-25(30)29-28-15-20-14-21(27)10-12-23(20)33-26(31)19-7-5-4-6-8-19/h4-15,17H,16H2,1-3H3,(H,29,30)/b28-15+. The second kappa shape index (κ2) is 11.4. The molecular weight excluding hydrogens is 484 g/mol. The lowest BCUT2D eigenvalue weighted by Gasteiger charge is -2.14. The van der Waals surface area contributed by atoms with Gasteiger partial charge in [-0.25, -0.2) is 10.2 Å². The number of carbonyl (C=O) groups excluding carboxylic acids is 2. The molecule has 170 valence electrons. The summed E-state index contributed by atoms with van der Waals surface area (Å²) in [5.74, 6) is 0.397. The van der Waals surface area contributed by atoms with Crippen LogP contribution in [0, 0.1) is 6.92 Å². The zero-order valence-corrected chi connectivity index (χ0v) is 20.3. The molecule has 0 spiro atoms. The number of amides is 1. The Balaban J connectivity index is 1.63. The van der Waals surface area contributed by atoms with Crippen molar-refractivity contribution in [3.05, 3.63) is 93.5 Å². The third-order valence-electron chi connectivity index (χ3n) is 4.73. The fourth-order valence-electron chi connectivity index (χ4n) is 3.04.